The first-order valence-electron chi connectivity index (χ1n) is 45.0. The van der Waals surface area contributed by atoms with Crippen LogP contribution < -0.4 is 43.6 Å². The van der Waals surface area contributed by atoms with E-state index in [0.29, 0.717) is 128 Å². The van der Waals surface area contributed by atoms with Crippen molar-refractivity contribution in [1.29, 1.82) is 15.8 Å². The Bertz CT molecular complexity index is 5420. The van der Waals surface area contributed by atoms with Crippen LogP contribution in [-0.4, -0.2) is 251 Å². The molecule has 10 aliphatic rings. The molecule has 3 aromatic heterocycles. The van der Waals surface area contributed by atoms with Gasteiger partial charge in [-0.2, -0.15) is 45.7 Å². The number of likely N-dealkylation sites (N-methyl/N-ethyl adjacent to an activating group) is 2. The van der Waals surface area contributed by atoms with E-state index < -0.39 is 0 Å². The third-order valence-corrected chi connectivity index (χ3v) is 27.7. The quantitative estimate of drug-likeness (QED) is 0.0538. The summed E-state index contributed by atoms with van der Waals surface area (Å²) < 4.78 is 19.1. The Balaban J connectivity index is 0.000000139. The summed E-state index contributed by atoms with van der Waals surface area (Å²) in [7, 11) is 4.29. The van der Waals surface area contributed by atoms with Crippen LogP contribution in [0.5, 0.6) is 18.0 Å². The Morgan fingerprint density at radius 2 is 0.872 bits per heavy atom. The van der Waals surface area contributed by atoms with Crippen molar-refractivity contribution in [3.05, 3.63) is 186 Å². The number of likely N-dealkylation sites (tertiary alicyclic amines) is 3. The van der Waals surface area contributed by atoms with E-state index in [1.54, 1.807) is 14.7 Å². The smallest absolute Gasteiger partial charge is 0.318 e. The molecule has 5 aromatic carbocycles. The summed E-state index contributed by atoms with van der Waals surface area (Å²) in [5.74, 6) is 3.09. The van der Waals surface area contributed by atoms with Crippen molar-refractivity contribution in [2.24, 2.45) is 5.92 Å². The number of benzene rings is 5. The van der Waals surface area contributed by atoms with Crippen LogP contribution in [0.25, 0.3) is 21.5 Å². The second-order valence-corrected chi connectivity index (χ2v) is 35.5. The number of hydrogen-bond acceptors (Lipinski definition) is 24. The molecule has 18 rings (SSSR count). The number of nitriles is 3. The lowest BCUT2D eigenvalue weighted by Gasteiger charge is -2.42. The number of carbonyl (C=O) groups is 3. The highest BCUT2D eigenvalue weighted by Gasteiger charge is 2.41. The van der Waals surface area contributed by atoms with Gasteiger partial charge in [-0.3, -0.25) is 24.2 Å². The van der Waals surface area contributed by atoms with Crippen molar-refractivity contribution in [2.45, 2.75) is 166 Å². The van der Waals surface area contributed by atoms with Crippen molar-refractivity contribution in [1.82, 2.24) is 59.3 Å². The first-order valence-corrected chi connectivity index (χ1v) is 45.0. The zero-order chi connectivity index (χ0) is 86.8. The number of rotatable bonds is 23. The molecule has 3 amide bonds. The molecule has 27 nitrogen and oxygen atoms in total. The molecular formula is C98H119N21O6. The molecule has 125 heavy (non-hydrogen) atoms. The van der Waals surface area contributed by atoms with Gasteiger partial charge in [0, 0.05) is 142 Å². The summed E-state index contributed by atoms with van der Waals surface area (Å²) in [4.78, 5) is 94.1. The van der Waals surface area contributed by atoms with Crippen LogP contribution in [0.2, 0.25) is 0 Å². The molecule has 9 aliphatic heterocycles. The van der Waals surface area contributed by atoms with Gasteiger partial charge in [0.25, 0.3) is 0 Å². The number of piperazine rings is 3. The van der Waals surface area contributed by atoms with Crippen LogP contribution in [0.3, 0.4) is 0 Å². The third kappa shape index (κ3) is 19.3. The van der Waals surface area contributed by atoms with Gasteiger partial charge < -0.3 is 63.2 Å². The molecule has 7 fully saturated rings. The molecule has 8 aromatic rings. The summed E-state index contributed by atoms with van der Waals surface area (Å²) >= 11 is 0. The first-order chi connectivity index (χ1) is 60.9. The van der Waals surface area contributed by atoms with Gasteiger partial charge in [-0.1, -0.05) is 105 Å². The van der Waals surface area contributed by atoms with Gasteiger partial charge in [0.1, 0.15) is 37.3 Å². The Morgan fingerprint density at radius 3 is 1.30 bits per heavy atom. The fourth-order valence-electron chi connectivity index (χ4n) is 20.1. The molecule has 2 unspecified atom stereocenters. The molecule has 0 bridgehead atoms. The molecule has 6 atom stereocenters. The zero-order valence-electron chi connectivity index (χ0n) is 73.4. The van der Waals surface area contributed by atoms with Gasteiger partial charge in [0.05, 0.1) is 97.9 Å². The van der Waals surface area contributed by atoms with E-state index in [0.717, 1.165) is 141 Å². The average molecular weight is 1690 g/mol. The lowest BCUT2D eigenvalue weighted by molar-refractivity contribution is -0.129. The number of aromatic nitrogens is 6. The second kappa shape index (κ2) is 39.1. The predicted molar refractivity (Wildman–Crippen MR) is 488 cm³/mol. The fourth-order valence-corrected chi connectivity index (χ4v) is 20.1. The topological polar surface area (TPSA) is 266 Å². The number of fused-ring (bicyclic) bond motifs is 5. The predicted octanol–water partition coefficient (Wildman–Crippen LogP) is 12.0. The second-order valence-electron chi connectivity index (χ2n) is 35.5. The maximum Gasteiger partial charge on any atom is 0.318 e. The van der Waals surface area contributed by atoms with Crippen molar-refractivity contribution in [3.63, 3.8) is 0 Å². The van der Waals surface area contributed by atoms with Crippen LogP contribution >= 0.6 is 0 Å². The lowest BCUT2D eigenvalue weighted by atomic mass is 10.0. The molecule has 12 heterocycles. The number of aryl methyl sites for hydroxylation is 1. The van der Waals surface area contributed by atoms with E-state index in [2.05, 4.69) is 220 Å². The lowest BCUT2D eigenvalue weighted by Crippen LogP contribution is -2.55. The van der Waals surface area contributed by atoms with Gasteiger partial charge in [-0.25, -0.2) is 0 Å². The van der Waals surface area contributed by atoms with Crippen molar-refractivity contribution in [3.8, 4) is 36.2 Å². The third-order valence-electron chi connectivity index (χ3n) is 27.7. The van der Waals surface area contributed by atoms with Crippen LogP contribution in [0.15, 0.2) is 141 Å². The number of carbonyl (C=O) groups excluding carboxylic acids is 3. The minimum Gasteiger partial charge on any atom is -0.462 e. The molecule has 0 N–H and O–H groups in total. The van der Waals surface area contributed by atoms with E-state index in [4.69, 9.17) is 44.1 Å². The number of hydrogen-bond donors (Lipinski definition) is 0. The van der Waals surface area contributed by atoms with Crippen molar-refractivity contribution >= 4 is 73.8 Å². The molecule has 1 saturated carbocycles. The molecular weight excluding hydrogens is 1570 g/mol. The van der Waals surface area contributed by atoms with E-state index in [-0.39, 0.29) is 60.6 Å². The Kier molecular flexibility index (Phi) is 27.1. The van der Waals surface area contributed by atoms with Gasteiger partial charge in [-0.05, 0) is 189 Å². The molecule has 0 spiro atoms. The summed E-state index contributed by atoms with van der Waals surface area (Å²) in [5.41, 5.74) is 12.5. The zero-order valence-corrected chi connectivity index (χ0v) is 73.4. The average Bonchev–Trinajstić information content (AvgIpc) is 1.75. The Labute approximate surface area is 735 Å². The minimum atomic E-state index is -0.231. The Hall–Kier alpha value is -12.0. The largest absolute Gasteiger partial charge is 0.462 e. The van der Waals surface area contributed by atoms with Crippen LogP contribution in [-0.2, 0) is 53.3 Å². The van der Waals surface area contributed by atoms with Gasteiger partial charge >= 0.3 is 18.0 Å². The van der Waals surface area contributed by atoms with Gasteiger partial charge in [0.15, 0.2) is 0 Å². The summed E-state index contributed by atoms with van der Waals surface area (Å²) in [6.07, 6.45) is 16.8. The normalized spacial score (nSPS) is 22.1. The highest BCUT2D eigenvalue weighted by Crippen LogP contribution is 2.41. The first kappa shape index (κ1) is 86.6. The summed E-state index contributed by atoms with van der Waals surface area (Å²) in [6, 6.07) is 44.6. The van der Waals surface area contributed by atoms with E-state index in [1.807, 2.05) is 0 Å². The molecule has 6 saturated heterocycles. The molecule has 0 radical (unpaired) electrons. The number of anilines is 6. The monoisotopic (exact) mass is 1690 g/mol. The number of ether oxygens (including phenoxy) is 3. The van der Waals surface area contributed by atoms with Gasteiger partial charge in [-0.15, -0.1) is 0 Å². The SMILES string of the molecule is C=CC(=O)N1CCN(c2nc(OC[C@@H]3CCCN3C)nc3c2CCN(c2cccc(C)c2C)C3)C[C@@H]1CC#N.C=CC(=O)N1CCN(c2nc(OC[C@@H]3CCCN3CC3CC3)nc3c2CCN(c2cccc4ccccc24)C3)CC1CC#N.C=CC(=O)N1CCN(c2nc(OC[C@]3(C)CCCN3C)nc3c2CCN(c2cccc4ccccc24)C3)CC1CC#N. The van der Waals surface area contributed by atoms with Crippen LogP contribution in [0.1, 0.15) is 122 Å². The highest BCUT2D eigenvalue weighted by atomic mass is 16.5. The number of nitrogens with zero attached hydrogens (tertiary/aromatic N) is 21. The molecule has 652 valence electrons. The highest BCUT2D eigenvalue weighted by molar-refractivity contribution is 5.96. The van der Waals surface area contributed by atoms with Gasteiger partial charge in [0.2, 0.25) is 17.7 Å². The standard InChI is InChI=1S/C35H41N7O2.C33H39N7O2.C30H39N7O2/c1-2-33(43)42-20-19-41(22-27(42)14-16-36)34-30-15-18-40(32-11-5-8-26-7-3-4-10-29(26)32)23-31(30)37-35(38-34)44-24-28-9-6-17-39(28)21-25-12-13-25;1-4-30(41)40-20-19-39(21-25(40)13-16-34)31-27-14-18-38(29-12-7-10-24-9-5-6-11-26(24)29)22-28(27)35-32(36-31)42-23-33(2)15-8-17-37(33)3;1-5-28(38)37-17-16-36(18-23(37)11-13-31)29-25-12-15-35(27-10-6-8-21(2)22(27)3)19-26(25)32-30(33-29)39-20-24-9-7-14-34(24)4/h2-5,7-8,10-11,25,27-28H,1,6,9,12-15,17-24H2;4-7,9-12,25H,1,8,13-15,17-23H2,2-3H3;5-6,8,10,23-24H,1,7,9,11-12,14-20H2,2-4H3/t27?,28-;25?,33-;23-,24-/m000/s1. The summed E-state index contributed by atoms with van der Waals surface area (Å²) in [5, 5.41) is 33.5. The van der Waals surface area contributed by atoms with Crippen molar-refractivity contribution < 1.29 is 28.6 Å². The summed E-state index contributed by atoms with van der Waals surface area (Å²) in [6.45, 7) is 33.3. The van der Waals surface area contributed by atoms with Crippen LogP contribution in [0, 0.1) is 53.8 Å². The minimum absolute atomic E-state index is 0.0526. The van der Waals surface area contributed by atoms with E-state index >= 15 is 0 Å². The maximum atomic E-state index is 12.6. The van der Waals surface area contributed by atoms with E-state index in [1.165, 1.54) is 100 Å². The molecule has 27 heteroatoms. The number of amides is 3. The van der Waals surface area contributed by atoms with Crippen molar-refractivity contribution in [2.75, 3.05) is 168 Å². The fraction of sp³-hybridized carbons (Fsp3) is 0.490. The maximum absolute atomic E-state index is 12.6. The van der Waals surface area contributed by atoms with Crippen LogP contribution in [0.4, 0.5) is 34.5 Å². The van der Waals surface area contributed by atoms with E-state index in [9.17, 15) is 30.2 Å². The Morgan fingerprint density at radius 1 is 0.456 bits per heavy atom. The molecule has 1 aliphatic carbocycles.